The third kappa shape index (κ3) is 4.16. The summed E-state index contributed by atoms with van der Waals surface area (Å²) in [4.78, 5) is 13.4. The summed E-state index contributed by atoms with van der Waals surface area (Å²) >= 11 is 1.69. The van der Waals surface area contributed by atoms with Crippen LogP contribution in [0.25, 0.3) is 0 Å². The van der Waals surface area contributed by atoms with E-state index in [4.69, 9.17) is 0 Å². The third-order valence-corrected chi connectivity index (χ3v) is 3.68. The van der Waals surface area contributed by atoms with Gasteiger partial charge in [0.25, 0.3) is 0 Å². The molecule has 2 rings (SSSR count). The van der Waals surface area contributed by atoms with E-state index in [1.54, 1.807) is 11.3 Å². The van der Waals surface area contributed by atoms with Gasteiger partial charge in [0.2, 0.25) is 0 Å². The summed E-state index contributed by atoms with van der Waals surface area (Å²) in [7, 11) is 1.87. The lowest BCUT2D eigenvalue weighted by molar-refractivity contribution is 0.834. The summed E-state index contributed by atoms with van der Waals surface area (Å²) in [5, 5.41) is 9.65. The second-order valence-corrected chi connectivity index (χ2v) is 5.65. The Balaban J connectivity index is 1.95. The Labute approximate surface area is 123 Å². The van der Waals surface area contributed by atoms with Crippen LogP contribution in [0, 0.1) is 6.92 Å². The number of hydrogen-bond acceptors (Lipinski definition) is 6. The molecule has 2 aromatic rings. The summed E-state index contributed by atoms with van der Waals surface area (Å²) in [6.07, 6.45) is 2.85. The van der Waals surface area contributed by atoms with Gasteiger partial charge in [-0.15, -0.1) is 11.3 Å². The number of aromatic nitrogens is 3. The molecule has 0 atom stereocenters. The predicted molar refractivity (Wildman–Crippen MR) is 84.6 cm³/mol. The van der Waals surface area contributed by atoms with E-state index in [9.17, 15) is 0 Å². The highest BCUT2D eigenvalue weighted by molar-refractivity contribution is 7.09. The van der Waals surface area contributed by atoms with E-state index >= 15 is 0 Å². The zero-order valence-electron chi connectivity index (χ0n) is 12.2. The Hall–Kier alpha value is -1.69. The Morgan fingerprint density at radius 1 is 1.15 bits per heavy atom. The van der Waals surface area contributed by atoms with Crippen LogP contribution in [0.15, 0.2) is 11.4 Å². The van der Waals surface area contributed by atoms with E-state index in [1.165, 1.54) is 0 Å². The van der Waals surface area contributed by atoms with Gasteiger partial charge >= 0.3 is 0 Å². The summed E-state index contributed by atoms with van der Waals surface area (Å²) in [5.41, 5.74) is 1.14. The zero-order chi connectivity index (χ0) is 14.4. The minimum atomic E-state index is 0.828. The molecular formula is C14H21N5S. The fourth-order valence-corrected chi connectivity index (χ4v) is 2.54. The van der Waals surface area contributed by atoms with Gasteiger partial charge in [-0.25, -0.2) is 15.0 Å². The average Bonchev–Trinajstić information content (AvgIpc) is 2.84. The largest absolute Gasteiger partial charge is 0.373 e. The molecule has 0 aliphatic rings. The van der Waals surface area contributed by atoms with Crippen molar-refractivity contribution in [1.82, 2.24) is 15.0 Å². The molecule has 6 heteroatoms. The fraction of sp³-hybridized carbons (Fsp3) is 0.500. The lowest BCUT2D eigenvalue weighted by atomic mass is 10.3. The molecule has 0 aromatic carbocycles. The van der Waals surface area contributed by atoms with Crippen molar-refractivity contribution < 1.29 is 0 Å². The molecule has 0 amide bonds. The molecule has 0 radical (unpaired) electrons. The van der Waals surface area contributed by atoms with E-state index in [0.717, 1.165) is 54.0 Å². The Bertz CT molecular complexity index is 552. The minimum Gasteiger partial charge on any atom is -0.373 e. The number of rotatable bonds is 7. The Kier molecular flexibility index (Phi) is 5.29. The van der Waals surface area contributed by atoms with E-state index in [-0.39, 0.29) is 0 Å². The molecule has 0 saturated carbocycles. The molecular weight excluding hydrogens is 270 g/mol. The lowest BCUT2D eigenvalue weighted by Crippen LogP contribution is -2.09. The van der Waals surface area contributed by atoms with Gasteiger partial charge in [0.1, 0.15) is 17.5 Å². The molecule has 0 bridgehead atoms. The number of anilines is 2. The first kappa shape index (κ1) is 14.7. The molecule has 2 N–H and O–H groups in total. The van der Waals surface area contributed by atoms with Crippen LogP contribution in [-0.4, -0.2) is 28.5 Å². The predicted octanol–water partition coefficient (Wildman–Crippen LogP) is 2.89. The van der Waals surface area contributed by atoms with Crippen molar-refractivity contribution in [2.24, 2.45) is 0 Å². The van der Waals surface area contributed by atoms with E-state index in [0.29, 0.717) is 0 Å². The number of aryl methyl sites for hydroxylation is 2. The van der Waals surface area contributed by atoms with Crippen molar-refractivity contribution >= 4 is 23.0 Å². The van der Waals surface area contributed by atoms with Crippen LogP contribution in [-0.2, 0) is 12.8 Å². The van der Waals surface area contributed by atoms with Crippen LogP contribution in [0.5, 0.6) is 0 Å². The molecule has 0 aliphatic carbocycles. The van der Waals surface area contributed by atoms with Crippen molar-refractivity contribution in [3.63, 3.8) is 0 Å². The monoisotopic (exact) mass is 291 g/mol. The second-order valence-electron chi connectivity index (χ2n) is 4.59. The first-order valence-corrected chi connectivity index (χ1v) is 7.79. The van der Waals surface area contributed by atoms with Crippen molar-refractivity contribution in [2.45, 2.75) is 33.1 Å². The fourth-order valence-electron chi connectivity index (χ4n) is 1.89. The quantitative estimate of drug-likeness (QED) is 0.821. The van der Waals surface area contributed by atoms with Crippen LogP contribution in [0.2, 0.25) is 0 Å². The summed E-state index contributed by atoms with van der Waals surface area (Å²) < 4.78 is 0. The van der Waals surface area contributed by atoms with Crippen LogP contribution in [0.4, 0.5) is 11.6 Å². The normalized spacial score (nSPS) is 10.6. The number of nitrogens with one attached hydrogen (secondary N) is 2. The van der Waals surface area contributed by atoms with E-state index < -0.39 is 0 Å². The first-order chi connectivity index (χ1) is 9.71. The highest BCUT2D eigenvalue weighted by Crippen LogP contribution is 2.13. The SMILES string of the molecule is CCCc1nc(NC)cc(NCCc2csc(C)n2)n1. The van der Waals surface area contributed by atoms with Crippen molar-refractivity contribution in [1.29, 1.82) is 0 Å². The molecule has 108 valence electrons. The molecule has 5 nitrogen and oxygen atoms in total. The van der Waals surface area contributed by atoms with Crippen LogP contribution < -0.4 is 10.6 Å². The maximum Gasteiger partial charge on any atom is 0.133 e. The zero-order valence-corrected chi connectivity index (χ0v) is 13.0. The number of hydrogen-bond donors (Lipinski definition) is 2. The summed E-state index contributed by atoms with van der Waals surface area (Å²) in [6.45, 7) is 4.99. The Morgan fingerprint density at radius 2 is 1.95 bits per heavy atom. The highest BCUT2D eigenvalue weighted by atomic mass is 32.1. The van der Waals surface area contributed by atoms with Crippen molar-refractivity contribution in [3.8, 4) is 0 Å². The van der Waals surface area contributed by atoms with Gasteiger partial charge in [-0.1, -0.05) is 6.92 Å². The first-order valence-electron chi connectivity index (χ1n) is 6.92. The van der Waals surface area contributed by atoms with E-state index in [2.05, 4.69) is 37.9 Å². The molecule has 0 fully saturated rings. The van der Waals surface area contributed by atoms with Gasteiger partial charge in [-0.3, -0.25) is 0 Å². The van der Waals surface area contributed by atoms with Crippen LogP contribution in [0.3, 0.4) is 0 Å². The number of thiazole rings is 1. The van der Waals surface area contributed by atoms with E-state index in [1.807, 2.05) is 20.0 Å². The van der Waals surface area contributed by atoms with Gasteiger partial charge in [-0.2, -0.15) is 0 Å². The standard InChI is InChI=1S/C14H21N5S/c1-4-5-12-18-13(15-3)8-14(19-12)16-7-6-11-9-20-10(2)17-11/h8-9H,4-7H2,1-3H3,(H2,15,16,18,19). The van der Waals surface area contributed by atoms with Crippen molar-refractivity contribution in [2.75, 3.05) is 24.2 Å². The minimum absolute atomic E-state index is 0.828. The van der Waals surface area contributed by atoms with Crippen LogP contribution >= 0.6 is 11.3 Å². The van der Waals surface area contributed by atoms with Crippen molar-refractivity contribution in [3.05, 3.63) is 28.0 Å². The van der Waals surface area contributed by atoms with Gasteiger partial charge in [0.15, 0.2) is 0 Å². The van der Waals surface area contributed by atoms with Gasteiger partial charge in [0, 0.05) is 37.9 Å². The van der Waals surface area contributed by atoms with Crippen LogP contribution in [0.1, 0.15) is 29.9 Å². The molecule has 0 aliphatic heterocycles. The molecule has 20 heavy (non-hydrogen) atoms. The smallest absolute Gasteiger partial charge is 0.133 e. The Morgan fingerprint density at radius 3 is 2.60 bits per heavy atom. The average molecular weight is 291 g/mol. The second kappa shape index (κ2) is 7.19. The topological polar surface area (TPSA) is 62.7 Å². The molecule has 2 aromatic heterocycles. The van der Waals surface area contributed by atoms with Gasteiger partial charge < -0.3 is 10.6 Å². The maximum atomic E-state index is 4.53. The molecule has 2 heterocycles. The molecule has 0 saturated heterocycles. The highest BCUT2D eigenvalue weighted by Gasteiger charge is 2.04. The maximum absolute atomic E-state index is 4.53. The van der Waals surface area contributed by atoms with Gasteiger partial charge in [-0.05, 0) is 13.3 Å². The molecule has 0 unspecified atom stereocenters. The molecule has 0 spiro atoms. The summed E-state index contributed by atoms with van der Waals surface area (Å²) in [6, 6.07) is 1.94. The summed E-state index contributed by atoms with van der Waals surface area (Å²) in [5.74, 6) is 2.61. The third-order valence-electron chi connectivity index (χ3n) is 2.86. The lowest BCUT2D eigenvalue weighted by Gasteiger charge is -2.09. The van der Waals surface area contributed by atoms with Gasteiger partial charge in [0.05, 0.1) is 10.7 Å². The number of nitrogens with zero attached hydrogens (tertiary/aromatic N) is 3.